The molecular weight excluding hydrogens is 316 g/mol. The Labute approximate surface area is 145 Å². The Morgan fingerprint density at radius 1 is 1.36 bits per heavy atom. The Morgan fingerprint density at radius 3 is 3.16 bits per heavy atom. The first kappa shape index (κ1) is 15.8. The lowest BCUT2D eigenvalue weighted by atomic mass is 10.1. The molecule has 25 heavy (non-hydrogen) atoms. The number of rotatable bonds is 4. The first-order valence-electron chi connectivity index (χ1n) is 8.65. The van der Waals surface area contributed by atoms with E-state index in [-0.39, 0.29) is 5.56 Å². The second-order valence-electron chi connectivity index (χ2n) is 6.59. The number of imidazole rings is 1. The highest BCUT2D eigenvalue weighted by Crippen LogP contribution is 2.15. The van der Waals surface area contributed by atoms with Crippen LogP contribution in [0, 0.1) is 6.92 Å². The van der Waals surface area contributed by atoms with Gasteiger partial charge >= 0.3 is 0 Å². The van der Waals surface area contributed by atoms with Crippen molar-refractivity contribution in [3.05, 3.63) is 58.5 Å². The molecule has 0 amide bonds. The summed E-state index contributed by atoms with van der Waals surface area (Å²) in [6, 6.07) is 4.43. The topological polar surface area (TPSA) is 78.3 Å². The zero-order chi connectivity index (χ0) is 17.2. The molecule has 0 aromatic carbocycles. The van der Waals surface area contributed by atoms with Crippen LogP contribution >= 0.6 is 0 Å². The number of nitrogens with one attached hydrogen (secondary N) is 2. The average molecular weight is 338 g/mol. The summed E-state index contributed by atoms with van der Waals surface area (Å²) in [6.07, 6.45) is 9.37. The maximum Gasteiger partial charge on any atom is 0.290 e. The molecule has 0 aliphatic carbocycles. The van der Waals surface area contributed by atoms with E-state index in [9.17, 15) is 4.79 Å². The minimum absolute atomic E-state index is 0.125. The number of aromatic amines is 1. The van der Waals surface area contributed by atoms with Gasteiger partial charge < -0.3 is 19.6 Å². The molecule has 4 heterocycles. The highest BCUT2D eigenvalue weighted by molar-refractivity contribution is 5.41. The van der Waals surface area contributed by atoms with Crippen molar-refractivity contribution < 1.29 is 0 Å². The van der Waals surface area contributed by atoms with E-state index < -0.39 is 0 Å². The van der Waals surface area contributed by atoms with Crippen LogP contribution in [0.25, 0.3) is 5.65 Å². The van der Waals surface area contributed by atoms with Crippen LogP contribution in [0.5, 0.6) is 0 Å². The van der Waals surface area contributed by atoms with Crippen molar-refractivity contribution in [2.75, 3.05) is 18.0 Å². The van der Waals surface area contributed by atoms with E-state index in [2.05, 4.69) is 48.8 Å². The van der Waals surface area contributed by atoms with Crippen molar-refractivity contribution >= 4 is 11.5 Å². The van der Waals surface area contributed by atoms with E-state index in [0.29, 0.717) is 11.9 Å². The second-order valence-corrected chi connectivity index (χ2v) is 6.59. The molecule has 0 saturated carbocycles. The van der Waals surface area contributed by atoms with E-state index in [4.69, 9.17) is 0 Å². The number of pyridine rings is 1. The minimum Gasteiger partial charge on any atom is -0.350 e. The van der Waals surface area contributed by atoms with Crippen molar-refractivity contribution in [3.63, 3.8) is 0 Å². The van der Waals surface area contributed by atoms with E-state index in [1.165, 1.54) is 5.56 Å². The van der Waals surface area contributed by atoms with Gasteiger partial charge in [-0.15, -0.1) is 0 Å². The van der Waals surface area contributed by atoms with Gasteiger partial charge in [-0.3, -0.25) is 4.79 Å². The summed E-state index contributed by atoms with van der Waals surface area (Å²) in [5.74, 6) is 0.513. The van der Waals surface area contributed by atoms with Crippen molar-refractivity contribution in [1.29, 1.82) is 0 Å². The largest absolute Gasteiger partial charge is 0.350 e. The predicted octanol–water partition coefficient (Wildman–Crippen LogP) is 1.48. The van der Waals surface area contributed by atoms with Crippen molar-refractivity contribution in [2.45, 2.75) is 32.4 Å². The maximum absolute atomic E-state index is 12.0. The van der Waals surface area contributed by atoms with Gasteiger partial charge in [0.2, 0.25) is 0 Å². The Morgan fingerprint density at radius 2 is 2.28 bits per heavy atom. The summed E-state index contributed by atoms with van der Waals surface area (Å²) in [6.45, 7) is 4.49. The maximum atomic E-state index is 12.0. The number of hydrogen-bond acceptors (Lipinski definition) is 5. The SMILES string of the molecule is Cc1ccc2ncc(CNC3CCCN(c4ncc[nH]c4=O)C3)n2c1. The number of aromatic nitrogens is 4. The van der Waals surface area contributed by atoms with E-state index >= 15 is 0 Å². The van der Waals surface area contributed by atoms with Gasteiger partial charge in [-0.25, -0.2) is 9.97 Å². The Bertz CT molecular complexity index is 930. The van der Waals surface area contributed by atoms with Crippen LogP contribution in [-0.2, 0) is 6.54 Å². The van der Waals surface area contributed by atoms with Gasteiger partial charge in [-0.1, -0.05) is 6.07 Å². The first-order valence-corrected chi connectivity index (χ1v) is 8.65. The van der Waals surface area contributed by atoms with Crippen LogP contribution in [0.1, 0.15) is 24.1 Å². The van der Waals surface area contributed by atoms with Crippen LogP contribution in [0.4, 0.5) is 5.82 Å². The normalized spacial score (nSPS) is 18.0. The molecule has 4 rings (SSSR count). The molecule has 0 bridgehead atoms. The lowest BCUT2D eigenvalue weighted by Gasteiger charge is -2.33. The van der Waals surface area contributed by atoms with Gasteiger partial charge in [-0.05, 0) is 31.4 Å². The molecule has 3 aromatic heterocycles. The average Bonchev–Trinajstić information content (AvgIpc) is 3.03. The first-order chi connectivity index (χ1) is 12.2. The third-order valence-electron chi connectivity index (χ3n) is 4.71. The lowest BCUT2D eigenvalue weighted by Crippen LogP contribution is -2.47. The van der Waals surface area contributed by atoms with E-state index in [1.807, 2.05) is 12.3 Å². The van der Waals surface area contributed by atoms with Gasteiger partial charge in [-0.2, -0.15) is 0 Å². The van der Waals surface area contributed by atoms with Crippen LogP contribution in [0.2, 0.25) is 0 Å². The Balaban J connectivity index is 1.45. The van der Waals surface area contributed by atoms with Crippen molar-refractivity contribution in [1.82, 2.24) is 24.7 Å². The lowest BCUT2D eigenvalue weighted by molar-refractivity contribution is 0.417. The zero-order valence-corrected chi connectivity index (χ0v) is 14.3. The quantitative estimate of drug-likeness (QED) is 0.753. The summed E-state index contributed by atoms with van der Waals surface area (Å²) in [4.78, 5) is 25.4. The predicted molar refractivity (Wildman–Crippen MR) is 96.9 cm³/mol. The van der Waals surface area contributed by atoms with E-state index in [0.717, 1.165) is 43.8 Å². The summed E-state index contributed by atoms with van der Waals surface area (Å²) < 4.78 is 2.13. The van der Waals surface area contributed by atoms with Gasteiger partial charge in [0.15, 0.2) is 5.82 Å². The van der Waals surface area contributed by atoms with Crippen LogP contribution in [0.3, 0.4) is 0 Å². The molecule has 7 nitrogen and oxygen atoms in total. The van der Waals surface area contributed by atoms with Crippen LogP contribution < -0.4 is 15.8 Å². The fourth-order valence-corrected chi connectivity index (χ4v) is 3.42. The molecular formula is C18H22N6O. The number of anilines is 1. The molecule has 0 spiro atoms. The monoisotopic (exact) mass is 338 g/mol. The smallest absolute Gasteiger partial charge is 0.290 e. The third-order valence-corrected chi connectivity index (χ3v) is 4.71. The molecule has 130 valence electrons. The minimum atomic E-state index is -0.125. The molecule has 1 fully saturated rings. The highest BCUT2D eigenvalue weighted by Gasteiger charge is 2.22. The van der Waals surface area contributed by atoms with E-state index in [1.54, 1.807) is 12.4 Å². The van der Waals surface area contributed by atoms with Crippen LogP contribution in [0.15, 0.2) is 41.7 Å². The van der Waals surface area contributed by atoms with Gasteiger partial charge in [0.1, 0.15) is 5.65 Å². The number of H-pyrrole nitrogens is 1. The summed E-state index contributed by atoms with van der Waals surface area (Å²) in [5.41, 5.74) is 3.20. The van der Waals surface area contributed by atoms with Gasteiger partial charge in [0.05, 0.1) is 11.9 Å². The fraction of sp³-hybridized carbons (Fsp3) is 0.389. The van der Waals surface area contributed by atoms with Crippen LogP contribution in [-0.4, -0.2) is 38.5 Å². The highest BCUT2D eigenvalue weighted by atomic mass is 16.1. The Hall–Kier alpha value is -2.67. The number of fused-ring (bicyclic) bond motifs is 1. The van der Waals surface area contributed by atoms with Crippen molar-refractivity contribution in [3.8, 4) is 0 Å². The summed E-state index contributed by atoms with van der Waals surface area (Å²) in [5, 5.41) is 3.61. The summed E-state index contributed by atoms with van der Waals surface area (Å²) in [7, 11) is 0. The Kier molecular flexibility index (Phi) is 4.23. The number of piperidine rings is 1. The molecule has 1 aliphatic heterocycles. The second kappa shape index (κ2) is 6.68. The summed E-state index contributed by atoms with van der Waals surface area (Å²) >= 11 is 0. The number of nitrogens with zero attached hydrogens (tertiary/aromatic N) is 4. The molecule has 1 saturated heterocycles. The zero-order valence-electron chi connectivity index (χ0n) is 14.3. The van der Waals surface area contributed by atoms with Crippen molar-refractivity contribution in [2.24, 2.45) is 0 Å². The molecule has 1 unspecified atom stereocenters. The molecule has 7 heteroatoms. The molecule has 2 N–H and O–H groups in total. The molecule has 3 aromatic rings. The standard InChI is InChI=1S/C18H22N6O/c1-13-4-5-16-22-10-15(24(16)11-13)9-21-14-3-2-8-23(12-14)17-18(25)20-7-6-19-17/h4-7,10-11,14,21H,2-3,8-9,12H2,1H3,(H,20,25). The third kappa shape index (κ3) is 3.28. The fourth-order valence-electron chi connectivity index (χ4n) is 3.42. The molecule has 1 aliphatic rings. The molecule has 1 atom stereocenters. The molecule has 0 radical (unpaired) electrons. The van der Waals surface area contributed by atoms with Gasteiger partial charge in [0.25, 0.3) is 5.56 Å². The number of hydrogen-bond donors (Lipinski definition) is 2. The van der Waals surface area contributed by atoms with Gasteiger partial charge in [0, 0.05) is 44.3 Å². The number of aryl methyl sites for hydroxylation is 1.